The standard InChI is InChI=1S/C14H16Cl2N4O2/c1-8-12(9(2)20(3)19-8)13(21)17-4-5-22-14-11(16)6-10(15)7-18-14/h6-7H,4-5H2,1-3H3,(H,17,21). The van der Waals surface area contributed by atoms with Crippen LogP contribution in [0.1, 0.15) is 21.7 Å². The second-order valence-corrected chi connectivity index (χ2v) is 5.56. The lowest BCUT2D eigenvalue weighted by Gasteiger charge is -2.08. The molecule has 1 N–H and O–H groups in total. The normalized spacial score (nSPS) is 10.6. The number of halogens is 2. The van der Waals surface area contributed by atoms with Crippen LogP contribution in [-0.4, -0.2) is 33.8 Å². The third kappa shape index (κ3) is 3.69. The van der Waals surface area contributed by atoms with Gasteiger partial charge in [0.15, 0.2) is 0 Å². The molecule has 6 nitrogen and oxygen atoms in total. The number of nitrogens with zero attached hydrogens (tertiary/aromatic N) is 3. The number of aryl methyl sites for hydroxylation is 2. The molecule has 0 aliphatic rings. The van der Waals surface area contributed by atoms with Crippen LogP contribution in [0.2, 0.25) is 10.0 Å². The Balaban J connectivity index is 1.87. The third-order valence-corrected chi connectivity index (χ3v) is 3.61. The van der Waals surface area contributed by atoms with Gasteiger partial charge in [-0.25, -0.2) is 4.98 Å². The molecule has 2 heterocycles. The number of pyridine rings is 1. The lowest BCUT2D eigenvalue weighted by atomic mass is 10.2. The molecule has 8 heteroatoms. The van der Waals surface area contributed by atoms with Crippen molar-refractivity contribution in [2.75, 3.05) is 13.2 Å². The first-order valence-electron chi connectivity index (χ1n) is 6.62. The quantitative estimate of drug-likeness (QED) is 0.847. The monoisotopic (exact) mass is 342 g/mol. The Morgan fingerprint density at radius 3 is 2.73 bits per heavy atom. The Labute approximate surface area is 138 Å². The van der Waals surface area contributed by atoms with Gasteiger partial charge in [-0.2, -0.15) is 5.10 Å². The van der Waals surface area contributed by atoms with Crippen molar-refractivity contribution in [3.63, 3.8) is 0 Å². The fraction of sp³-hybridized carbons (Fsp3) is 0.357. The summed E-state index contributed by atoms with van der Waals surface area (Å²) in [6.07, 6.45) is 1.45. The maximum absolute atomic E-state index is 12.1. The molecule has 118 valence electrons. The number of hydrogen-bond acceptors (Lipinski definition) is 4. The summed E-state index contributed by atoms with van der Waals surface area (Å²) in [6, 6.07) is 1.55. The highest BCUT2D eigenvalue weighted by Gasteiger charge is 2.16. The second kappa shape index (κ2) is 6.98. The molecule has 0 atom stereocenters. The van der Waals surface area contributed by atoms with Gasteiger partial charge in [-0.15, -0.1) is 0 Å². The molecule has 0 saturated carbocycles. The minimum atomic E-state index is -0.179. The number of carbonyl (C=O) groups is 1. The van der Waals surface area contributed by atoms with Gasteiger partial charge in [-0.3, -0.25) is 9.48 Å². The lowest BCUT2D eigenvalue weighted by Crippen LogP contribution is -2.29. The van der Waals surface area contributed by atoms with Crippen LogP contribution >= 0.6 is 23.2 Å². The molecular weight excluding hydrogens is 327 g/mol. The van der Waals surface area contributed by atoms with Crippen LogP contribution in [0.25, 0.3) is 0 Å². The number of carbonyl (C=O) groups excluding carboxylic acids is 1. The van der Waals surface area contributed by atoms with Crippen molar-refractivity contribution in [3.8, 4) is 5.88 Å². The predicted molar refractivity (Wildman–Crippen MR) is 84.8 cm³/mol. The van der Waals surface area contributed by atoms with E-state index in [4.69, 9.17) is 27.9 Å². The summed E-state index contributed by atoms with van der Waals surface area (Å²) in [5.41, 5.74) is 2.10. The van der Waals surface area contributed by atoms with Crippen LogP contribution in [-0.2, 0) is 7.05 Å². The van der Waals surface area contributed by atoms with E-state index in [2.05, 4.69) is 15.4 Å². The zero-order valence-corrected chi connectivity index (χ0v) is 14.0. The molecule has 2 rings (SSSR count). The van der Waals surface area contributed by atoms with Gasteiger partial charge in [0.25, 0.3) is 5.91 Å². The van der Waals surface area contributed by atoms with E-state index in [1.165, 1.54) is 6.20 Å². The van der Waals surface area contributed by atoms with Gasteiger partial charge in [0.05, 0.1) is 22.8 Å². The summed E-state index contributed by atoms with van der Waals surface area (Å²) in [5, 5.41) is 7.76. The molecule has 2 aromatic rings. The van der Waals surface area contributed by atoms with Crippen LogP contribution < -0.4 is 10.1 Å². The van der Waals surface area contributed by atoms with E-state index in [1.54, 1.807) is 24.7 Å². The molecule has 0 radical (unpaired) electrons. The molecular formula is C14H16Cl2N4O2. The van der Waals surface area contributed by atoms with Crippen molar-refractivity contribution >= 4 is 29.1 Å². The molecule has 0 aliphatic heterocycles. The van der Waals surface area contributed by atoms with Crippen LogP contribution in [0.3, 0.4) is 0 Å². The number of rotatable bonds is 5. The van der Waals surface area contributed by atoms with Gasteiger partial charge < -0.3 is 10.1 Å². The van der Waals surface area contributed by atoms with Gasteiger partial charge in [0, 0.05) is 18.9 Å². The largest absolute Gasteiger partial charge is 0.475 e. The molecule has 22 heavy (non-hydrogen) atoms. The van der Waals surface area contributed by atoms with E-state index in [9.17, 15) is 4.79 Å². The van der Waals surface area contributed by atoms with Gasteiger partial charge in [-0.05, 0) is 19.9 Å². The molecule has 0 aliphatic carbocycles. The van der Waals surface area contributed by atoms with E-state index >= 15 is 0 Å². The lowest BCUT2D eigenvalue weighted by molar-refractivity contribution is 0.0945. The van der Waals surface area contributed by atoms with Crippen LogP contribution in [0, 0.1) is 13.8 Å². The van der Waals surface area contributed by atoms with Crippen molar-refractivity contribution in [1.29, 1.82) is 0 Å². The molecule has 0 bridgehead atoms. The minimum absolute atomic E-state index is 0.179. The Kier molecular flexibility index (Phi) is 5.26. The maximum atomic E-state index is 12.1. The fourth-order valence-electron chi connectivity index (χ4n) is 2.01. The highest BCUT2D eigenvalue weighted by Crippen LogP contribution is 2.24. The highest BCUT2D eigenvalue weighted by atomic mass is 35.5. The highest BCUT2D eigenvalue weighted by molar-refractivity contribution is 6.35. The molecule has 0 saturated heterocycles. The zero-order chi connectivity index (χ0) is 16.3. The summed E-state index contributed by atoms with van der Waals surface area (Å²) in [6.45, 7) is 4.23. The average molecular weight is 343 g/mol. The van der Waals surface area contributed by atoms with Crippen molar-refractivity contribution in [2.45, 2.75) is 13.8 Å². The topological polar surface area (TPSA) is 69.0 Å². The summed E-state index contributed by atoms with van der Waals surface area (Å²) in [5.74, 6) is 0.107. The number of aromatic nitrogens is 3. The number of hydrogen-bond donors (Lipinski definition) is 1. The summed E-state index contributed by atoms with van der Waals surface area (Å²) in [7, 11) is 1.80. The van der Waals surface area contributed by atoms with Gasteiger partial charge >= 0.3 is 0 Å². The van der Waals surface area contributed by atoms with E-state index < -0.39 is 0 Å². The summed E-state index contributed by atoms with van der Waals surface area (Å²) in [4.78, 5) is 16.1. The SMILES string of the molecule is Cc1nn(C)c(C)c1C(=O)NCCOc1ncc(Cl)cc1Cl. The number of nitrogens with one attached hydrogen (secondary N) is 1. The first-order valence-corrected chi connectivity index (χ1v) is 7.38. The molecule has 0 spiro atoms. The predicted octanol–water partition coefficient (Wildman–Crippen LogP) is 2.55. The number of amides is 1. The van der Waals surface area contributed by atoms with E-state index in [-0.39, 0.29) is 18.4 Å². The summed E-state index contributed by atoms with van der Waals surface area (Å²) < 4.78 is 7.09. The summed E-state index contributed by atoms with van der Waals surface area (Å²) >= 11 is 11.7. The van der Waals surface area contributed by atoms with E-state index in [1.807, 2.05) is 6.92 Å². The Hall–Kier alpha value is -1.79. The van der Waals surface area contributed by atoms with Crippen LogP contribution in [0.4, 0.5) is 0 Å². The first kappa shape index (κ1) is 16.6. The second-order valence-electron chi connectivity index (χ2n) is 4.71. The zero-order valence-electron chi connectivity index (χ0n) is 12.5. The smallest absolute Gasteiger partial charge is 0.255 e. The Morgan fingerprint density at radius 2 is 2.14 bits per heavy atom. The van der Waals surface area contributed by atoms with Gasteiger partial charge in [0.1, 0.15) is 11.6 Å². The van der Waals surface area contributed by atoms with Crippen molar-refractivity contribution in [2.24, 2.45) is 7.05 Å². The molecule has 0 unspecified atom stereocenters. The third-order valence-electron chi connectivity index (χ3n) is 3.14. The van der Waals surface area contributed by atoms with Crippen LogP contribution in [0.5, 0.6) is 5.88 Å². The first-order chi connectivity index (χ1) is 10.4. The fourth-order valence-corrected chi connectivity index (χ4v) is 2.45. The molecule has 0 aromatic carbocycles. The van der Waals surface area contributed by atoms with Gasteiger partial charge in [-0.1, -0.05) is 23.2 Å². The van der Waals surface area contributed by atoms with Gasteiger partial charge in [0.2, 0.25) is 5.88 Å². The number of ether oxygens (including phenoxy) is 1. The Morgan fingerprint density at radius 1 is 1.41 bits per heavy atom. The van der Waals surface area contributed by atoms with Crippen molar-refractivity contribution in [3.05, 3.63) is 39.3 Å². The van der Waals surface area contributed by atoms with Crippen molar-refractivity contribution < 1.29 is 9.53 Å². The molecule has 0 fully saturated rings. The van der Waals surface area contributed by atoms with E-state index in [0.29, 0.717) is 27.8 Å². The van der Waals surface area contributed by atoms with Crippen molar-refractivity contribution in [1.82, 2.24) is 20.1 Å². The Bertz CT molecular complexity index is 700. The van der Waals surface area contributed by atoms with Crippen LogP contribution in [0.15, 0.2) is 12.3 Å². The molecule has 2 aromatic heterocycles. The molecule has 1 amide bonds. The van der Waals surface area contributed by atoms with E-state index in [0.717, 1.165) is 5.69 Å². The minimum Gasteiger partial charge on any atom is -0.475 e. The average Bonchev–Trinajstić information content (AvgIpc) is 2.70. The maximum Gasteiger partial charge on any atom is 0.255 e.